The van der Waals surface area contributed by atoms with Crippen LogP contribution >= 0.6 is 0 Å². The lowest BCUT2D eigenvalue weighted by molar-refractivity contribution is -0.124. The number of nitrogens with zero attached hydrogens (tertiary/aromatic N) is 1. The number of fused-ring (bicyclic) bond motifs is 1. The minimum absolute atomic E-state index is 0.0468. The number of nitrogens with one attached hydrogen (secondary N) is 1. The first-order chi connectivity index (χ1) is 12.0. The largest absolute Gasteiger partial charge is 0.368 e. The molecule has 3 rings (SSSR count). The molecule has 1 aromatic rings. The number of rotatable bonds is 5. The third kappa shape index (κ3) is 3.90. The molecule has 1 aliphatic carbocycles. The molecule has 1 saturated heterocycles. The Morgan fingerprint density at radius 3 is 2.72 bits per heavy atom. The second kappa shape index (κ2) is 7.35. The van der Waals surface area contributed by atoms with Gasteiger partial charge in [-0.1, -0.05) is 25.0 Å². The Morgan fingerprint density at radius 1 is 1.24 bits per heavy atom. The highest BCUT2D eigenvalue weighted by Crippen LogP contribution is 2.39. The van der Waals surface area contributed by atoms with E-state index in [0.29, 0.717) is 17.2 Å². The topological polar surface area (TPSA) is 92.5 Å². The van der Waals surface area contributed by atoms with Crippen LogP contribution in [0.25, 0.3) is 0 Å². The normalized spacial score (nSPS) is 26.0. The van der Waals surface area contributed by atoms with Crippen molar-refractivity contribution in [1.82, 2.24) is 4.90 Å². The van der Waals surface area contributed by atoms with Gasteiger partial charge in [0.05, 0.1) is 12.6 Å². The molecule has 0 unspecified atom stereocenters. The predicted molar refractivity (Wildman–Crippen MR) is 95.1 cm³/mol. The zero-order chi connectivity index (χ0) is 18.0. The third-order valence-electron chi connectivity index (χ3n) is 5.43. The number of hydrogen-bond acceptors (Lipinski definition) is 4. The molecule has 0 spiro atoms. The number of primary amides is 1. The Hall–Kier alpha value is -2.21. The van der Waals surface area contributed by atoms with Crippen LogP contribution in [0.5, 0.6) is 0 Å². The van der Waals surface area contributed by atoms with Crippen LogP contribution in [0.1, 0.15) is 49.4 Å². The number of benzene rings is 1. The first-order valence-corrected chi connectivity index (χ1v) is 8.91. The number of carbonyl (C=O) groups is 3. The zero-order valence-electron chi connectivity index (χ0n) is 14.5. The molecule has 3 N–H and O–H groups in total. The molecule has 1 heterocycles. The van der Waals surface area contributed by atoms with Crippen LogP contribution in [-0.2, 0) is 9.59 Å². The molecule has 2 amide bonds. The molecule has 6 nitrogen and oxygen atoms in total. The molecule has 0 radical (unpaired) electrons. The molecule has 134 valence electrons. The van der Waals surface area contributed by atoms with Crippen molar-refractivity contribution >= 4 is 23.3 Å². The Labute approximate surface area is 147 Å². The molecule has 2 aliphatic rings. The Kier molecular flexibility index (Phi) is 5.18. The number of Topliss-reactive ketones (excluding diaryl/α,β-unsaturated/α-hetero) is 1. The molecule has 1 aromatic carbocycles. The fourth-order valence-electron chi connectivity index (χ4n) is 4.24. The first kappa shape index (κ1) is 17.6. The van der Waals surface area contributed by atoms with Gasteiger partial charge in [0.1, 0.15) is 0 Å². The second-order valence-electron chi connectivity index (χ2n) is 7.12. The summed E-state index contributed by atoms with van der Waals surface area (Å²) in [6, 6.07) is 6.78. The molecular weight excluding hydrogens is 318 g/mol. The van der Waals surface area contributed by atoms with Crippen molar-refractivity contribution in [2.24, 2.45) is 11.7 Å². The van der Waals surface area contributed by atoms with Gasteiger partial charge < -0.3 is 11.1 Å². The van der Waals surface area contributed by atoms with Crippen LogP contribution < -0.4 is 11.1 Å². The van der Waals surface area contributed by atoms with Crippen LogP contribution in [0.15, 0.2) is 24.3 Å². The van der Waals surface area contributed by atoms with E-state index in [9.17, 15) is 14.4 Å². The van der Waals surface area contributed by atoms with Crippen LogP contribution in [0.3, 0.4) is 0 Å². The van der Waals surface area contributed by atoms with Crippen LogP contribution in [0, 0.1) is 5.92 Å². The summed E-state index contributed by atoms with van der Waals surface area (Å²) in [4.78, 5) is 37.8. The van der Waals surface area contributed by atoms with E-state index in [1.165, 1.54) is 13.3 Å². The average Bonchev–Trinajstić information content (AvgIpc) is 2.94. The number of ketones is 1. The van der Waals surface area contributed by atoms with Gasteiger partial charge in [0, 0.05) is 17.3 Å². The quantitative estimate of drug-likeness (QED) is 0.799. The molecule has 1 aliphatic heterocycles. The van der Waals surface area contributed by atoms with Gasteiger partial charge in [0.15, 0.2) is 5.78 Å². The van der Waals surface area contributed by atoms with Crippen molar-refractivity contribution in [2.45, 2.75) is 51.1 Å². The second-order valence-corrected chi connectivity index (χ2v) is 7.12. The number of carbonyl (C=O) groups excluding carboxylic acids is 3. The van der Waals surface area contributed by atoms with E-state index in [1.54, 1.807) is 24.3 Å². The van der Waals surface area contributed by atoms with Gasteiger partial charge in [-0.05, 0) is 44.2 Å². The summed E-state index contributed by atoms with van der Waals surface area (Å²) in [7, 11) is 0. The van der Waals surface area contributed by atoms with E-state index in [2.05, 4.69) is 5.32 Å². The van der Waals surface area contributed by atoms with E-state index in [4.69, 9.17) is 5.73 Å². The fraction of sp³-hybridized carbons (Fsp3) is 0.526. The summed E-state index contributed by atoms with van der Waals surface area (Å²) in [5, 5.41) is 2.83. The molecule has 6 heteroatoms. The smallest absolute Gasteiger partial charge is 0.238 e. The van der Waals surface area contributed by atoms with Gasteiger partial charge >= 0.3 is 0 Å². The van der Waals surface area contributed by atoms with E-state index in [0.717, 1.165) is 25.7 Å². The minimum atomic E-state index is -0.359. The Morgan fingerprint density at radius 2 is 2.00 bits per heavy atom. The van der Waals surface area contributed by atoms with E-state index < -0.39 is 0 Å². The standard InChI is InChI=1S/C19H25N3O3/c1-12(23)13-6-4-7-15(9-13)21-18(24)11-22-16-8-3-2-5-14(16)10-17(22)19(20)25/h4,6-7,9,14,16-17H,2-3,5,8,10-11H2,1H3,(H2,20,25)(H,21,24)/t14-,16-,17-/m0/s1. The average molecular weight is 343 g/mol. The fourth-order valence-corrected chi connectivity index (χ4v) is 4.24. The predicted octanol–water partition coefficient (Wildman–Crippen LogP) is 1.95. The maximum absolute atomic E-state index is 12.5. The van der Waals surface area contributed by atoms with Gasteiger partial charge in [0.25, 0.3) is 0 Å². The van der Waals surface area contributed by atoms with E-state index in [-0.39, 0.29) is 36.2 Å². The summed E-state index contributed by atoms with van der Waals surface area (Å²) in [6.45, 7) is 1.64. The third-order valence-corrected chi connectivity index (χ3v) is 5.43. The van der Waals surface area contributed by atoms with Gasteiger partial charge in [-0.15, -0.1) is 0 Å². The molecule has 0 bridgehead atoms. The molecule has 25 heavy (non-hydrogen) atoms. The summed E-state index contributed by atoms with van der Waals surface area (Å²) in [5.74, 6) is -0.117. The van der Waals surface area contributed by atoms with Crippen LogP contribution in [-0.4, -0.2) is 41.1 Å². The van der Waals surface area contributed by atoms with E-state index >= 15 is 0 Å². The van der Waals surface area contributed by atoms with Crippen LogP contribution in [0.2, 0.25) is 0 Å². The SMILES string of the molecule is CC(=O)c1cccc(NC(=O)CN2[C@H](C(N)=O)C[C@@H]3CCCC[C@@H]32)c1. The summed E-state index contributed by atoms with van der Waals surface area (Å²) in [6.07, 6.45) is 5.19. The maximum atomic E-state index is 12.5. The van der Waals surface area contributed by atoms with E-state index in [1.807, 2.05) is 4.90 Å². The summed E-state index contributed by atoms with van der Waals surface area (Å²) < 4.78 is 0. The van der Waals surface area contributed by atoms with Gasteiger partial charge in [-0.3, -0.25) is 19.3 Å². The lowest BCUT2D eigenvalue weighted by atomic mass is 9.84. The minimum Gasteiger partial charge on any atom is -0.368 e. The van der Waals surface area contributed by atoms with Crippen molar-refractivity contribution in [3.05, 3.63) is 29.8 Å². The number of hydrogen-bond donors (Lipinski definition) is 2. The van der Waals surface area contributed by atoms with Gasteiger partial charge in [0.2, 0.25) is 11.8 Å². The lowest BCUT2D eigenvalue weighted by Crippen LogP contribution is -2.48. The highest BCUT2D eigenvalue weighted by molar-refractivity contribution is 5.97. The summed E-state index contributed by atoms with van der Waals surface area (Å²) in [5.41, 5.74) is 6.72. The Balaban J connectivity index is 1.69. The summed E-state index contributed by atoms with van der Waals surface area (Å²) >= 11 is 0. The lowest BCUT2D eigenvalue weighted by Gasteiger charge is -2.32. The monoisotopic (exact) mass is 343 g/mol. The first-order valence-electron chi connectivity index (χ1n) is 8.91. The molecular formula is C19H25N3O3. The molecule has 1 saturated carbocycles. The zero-order valence-corrected chi connectivity index (χ0v) is 14.5. The molecule has 3 atom stereocenters. The highest BCUT2D eigenvalue weighted by atomic mass is 16.2. The van der Waals surface area contributed by atoms with Gasteiger partial charge in [-0.2, -0.15) is 0 Å². The number of anilines is 1. The maximum Gasteiger partial charge on any atom is 0.238 e. The van der Waals surface area contributed by atoms with Crippen molar-refractivity contribution in [3.63, 3.8) is 0 Å². The highest BCUT2D eigenvalue weighted by Gasteiger charge is 2.44. The van der Waals surface area contributed by atoms with Crippen molar-refractivity contribution in [3.8, 4) is 0 Å². The van der Waals surface area contributed by atoms with Crippen molar-refractivity contribution in [2.75, 3.05) is 11.9 Å². The van der Waals surface area contributed by atoms with Crippen LogP contribution in [0.4, 0.5) is 5.69 Å². The molecule has 0 aromatic heterocycles. The number of nitrogens with two attached hydrogens (primary N) is 1. The Bertz CT molecular complexity index is 688. The van der Waals surface area contributed by atoms with Crippen molar-refractivity contribution < 1.29 is 14.4 Å². The number of likely N-dealkylation sites (tertiary alicyclic amines) is 1. The van der Waals surface area contributed by atoms with Crippen molar-refractivity contribution in [1.29, 1.82) is 0 Å². The number of amides is 2. The molecule has 2 fully saturated rings. The van der Waals surface area contributed by atoms with Gasteiger partial charge in [-0.25, -0.2) is 0 Å².